The van der Waals surface area contributed by atoms with Crippen molar-refractivity contribution in [2.45, 2.75) is 67.7 Å². The van der Waals surface area contributed by atoms with Crippen molar-refractivity contribution < 1.29 is 19.1 Å². The van der Waals surface area contributed by atoms with Crippen LogP contribution in [0.2, 0.25) is 0 Å². The summed E-state index contributed by atoms with van der Waals surface area (Å²) in [6, 6.07) is 7.66. The quantitative estimate of drug-likeness (QED) is 0.746. The molecule has 0 unspecified atom stereocenters. The second kappa shape index (κ2) is 8.58. The van der Waals surface area contributed by atoms with E-state index >= 15 is 0 Å². The number of rotatable bonds is 6. The van der Waals surface area contributed by atoms with E-state index in [2.05, 4.69) is 10.6 Å². The topological polar surface area (TPSA) is 84.5 Å². The number of amides is 2. The molecule has 0 saturated heterocycles. The maximum absolute atomic E-state index is 12.3. The fourth-order valence-corrected chi connectivity index (χ4v) is 4.37. The van der Waals surface area contributed by atoms with Crippen LogP contribution >= 0.6 is 11.8 Å². The van der Waals surface area contributed by atoms with Crippen LogP contribution in [0.25, 0.3) is 0 Å². The first-order valence-electron chi connectivity index (χ1n) is 9.13. The molecule has 2 amide bonds. The Kier molecular flexibility index (Phi) is 6.19. The minimum Gasteiger partial charge on any atom is -0.452 e. The van der Waals surface area contributed by atoms with Gasteiger partial charge in [0.25, 0.3) is 5.91 Å². The molecule has 0 aromatic heterocycles. The summed E-state index contributed by atoms with van der Waals surface area (Å²) in [7, 11) is 0. The molecule has 2 aliphatic rings. The summed E-state index contributed by atoms with van der Waals surface area (Å²) in [6.07, 6.45) is 3.76. The monoisotopic (exact) mass is 376 g/mol. The summed E-state index contributed by atoms with van der Waals surface area (Å²) >= 11 is 1.35. The summed E-state index contributed by atoms with van der Waals surface area (Å²) in [4.78, 5) is 37.7. The lowest BCUT2D eigenvalue weighted by molar-refractivity contribution is -0.156. The summed E-state index contributed by atoms with van der Waals surface area (Å²) < 4.78 is 5.37. The van der Waals surface area contributed by atoms with Gasteiger partial charge in [0.05, 0.1) is 17.4 Å². The maximum atomic E-state index is 12.3. The number of hydrogen-bond acceptors (Lipinski definition) is 5. The van der Waals surface area contributed by atoms with Gasteiger partial charge in [-0.05, 0) is 31.4 Å². The van der Waals surface area contributed by atoms with Gasteiger partial charge in [0.2, 0.25) is 5.91 Å². The lowest BCUT2D eigenvalue weighted by atomic mass is 10.2. The van der Waals surface area contributed by atoms with Crippen LogP contribution in [0, 0.1) is 0 Å². The molecule has 2 N–H and O–H groups in total. The van der Waals surface area contributed by atoms with Crippen molar-refractivity contribution in [1.29, 1.82) is 0 Å². The fourth-order valence-electron chi connectivity index (χ4n) is 3.27. The molecule has 0 radical (unpaired) electrons. The standard InChI is InChI=1S/C19H24N2O4S/c1-2-14(18(23)20-12-7-3-4-8-12)25-17(22)11-16-19(24)21-13-9-5-6-10-15(13)26-16/h5-6,9-10,12,14,16H,2-4,7-8,11H2,1H3,(H,20,23)(H,21,24)/t14-,16+/m1/s1. The van der Waals surface area contributed by atoms with Gasteiger partial charge in [-0.2, -0.15) is 0 Å². The molecule has 1 aromatic carbocycles. The molecular weight excluding hydrogens is 352 g/mol. The van der Waals surface area contributed by atoms with Crippen LogP contribution in [0.3, 0.4) is 0 Å². The minimum absolute atomic E-state index is 0.0575. The van der Waals surface area contributed by atoms with Crippen molar-refractivity contribution in [2.24, 2.45) is 0 Å². The Labute approximate surface area is 157 Å². The lowest BCUT2D eigenvalue weighted by Crippen LogP contribution is -2.42. The predicted molar refractivity (Wildman–Crippen MR) is 99.9 cm³/mol. The number of fused-ring (bicyclic) bond motifs is 1. The number of para-hydroxylation sites is 1. The second-order valence-corrected chi connectivity index (χ2v) is 7.92. The minimum atomic E-state index is -0.799. The average molecular weight is 376 g/mol. The van der Waals surface area contributed by atoms with E-state index in [1.165, 1.54) is 11.8 Å². The van der Waals surface area contributed by atoms with E-state index in [0.717, 1.165) is 36.3 Å². The van der Waals surface area contributed by atoms with Crippen LogP contribution in [0.5, 0.6) is 0 Å². The third-order valence-electron chi connectivity index (χ3n) is 4.70. The third-order valence-corrected chi connectivity index (χ3v) is 5.97. The van der Waals surface area contributed by atoms with Crippen molar-refractivity contribution in [3.05, 3.63) is 24.3 Å². The van der Waals surface area contributed by atoms with Crippen molar-refractivity contribution in [2.75, 3.05) is 5.32 Å². The molecule has 3 rings (SSSR count). The largest absolute Gasteiger partial charge is 0.452 e. The molecular formula is C19H24N2O4S. The van der Waals surface area contributed by atoms with Crippen molar-refractivity contribution in [3.8, 4) is 0 Å². The van der Waals surface area contributed by atoms with E-state index in [0.29, 0.717) is 6.42 Å². The number of carbonyl (C=O) groups is 3. The van der Waals surface area contributed by atoms with Gasteiger partial charge < -0.3 is 15.4 Å². The lowest BCUT2D eigenvalue weighted by Gasteiger charge is -2.24. The molecule has 1 aliphatic carbocycles. The fraction of sp³-hybridized carbons (Fsp3) is 0.526. The number of thioether (sulfide) groups is 1. The SMILES string of the molecule is CC[C@@H](OC(=O)C[C@@H]1Sc2ccccc2NC1=O)C(=O)NC1CCCC1. The van der Waals surface area contributed by atoms with E-state index in [1.54, 1.807) is 0 Å². The van der Waals surface area contributed by atoms with E-state index in [-0.39, 0.29) is 24.3 Å². The highest BCUT2D eigenvalue weighted by atomic mass is 32.2. The van der Waals surface area contributed by atoms with Crippen LogP contribution in [-0.4, -0.2) is 35.2 Å². The Bertz CT molecular complexity index is 688. The molecule has 1 aliphatic heterocycles. The van der Waals surface area contributed by atoms with Gasteiger partial charge in [0, 0.05) is 10.9 Å². The molecule has 26 heavy (non-hydrogen) atoms. The Morgan fingerprint density at radius 3 is 2.77 bits per heavy atom. The smallest absolute Gasteiger partial charge is 0.308 e. The summed E-state index contributed by atoms with van der Waals surface area (Å²) in [5.41, 5.74) is 0.759. The van der Waals surface area contributed by atoms with Crippen molar-refractivity contribution >= 4 is 35.2 Å². The van der Waals surface area contributed by atoms with Crippen LogP contribution in [0.1, 0.15) is 45.4 Å². The number of esters is 1. The van der Waals surface area contributed by atoms with Crippen LogP contribution < -0.4 is 10.6 Å². The highest BCUT2D eigenvalue weighted by Gasteiger charge is 2.31. The van der Waals surface area contributed by atoms with Crippen LogP contribution in [0.15, 0.2) is 29.2 Å². The average Bonchev–Trinajstić information content (AvgIpc) is 3.13. The normalized spacial score (nSPS) is 20.8. The second-order valence-electron chi connectivity index (χ2n) is 6.67. The number of anilines is 1. The Balaban J connectivity index is 1.53. The number of ether oxygens (including phenoxy) is 1. The summed E-state index contributed by atoms with van der Waals surface area (Å²) in [5.74, 6) is -0.974. The van der Waals surface area contributed by atoms with Gasteiger partial charge >= 0.3 is 5.97 Å². The van der Waals surface area contributed by atoms with Gasteiger partial charge in [0.1, 0.15) is 0 Å². The van der Waals surface area contributed by atoms with E-state index in [1.807, 2.05) is 31.2 Å². The van der Waals surface area contributed by atoms with Crippen molar-refractivity contribution in [1.82, 2.24) is 5.32 Å². The zero-order valence-corrected chi connectivity index (χ0v) is 15.6. The van der Waals surface area contributed by atoms with Crippen LogP contribution in [-0.2, 0) is 19.1 Å². The van der Waals surface area contributed by atoms with Crippen LogP contribution in [0.4, 0.5) is 5.69 Å². The molecule has 1 heterocycles. The van der Waals surface area contributed by atoms with E-state index in [9.17, 15) is 14.4 Å². The van der Waals surface area contributed by atoms with Crippen molar-refractivity contribution in [3.63, 3.8) is 0 Å². The van der Waals surface area contributed by atoms with Gasteiger partial charge in [-0.15, -0.1) is 11.8 Å². The highest BCUT2D eigenvalue weighted by Crippen LogP contribution is 2.36. The number of benzene rings is 1. The summed E-state index contributed by atoms with van der Waals surface area (Å²) in [5, 5.41) is 5.22. The first-order valence-corrected chi connectivity index (χ1v) is 10.0. The molecule has 0 bridgehead atoms. The zero-order valence-electron chi connectivity index (χ0n) is 14.8. The van der Waals surface area contributed by atoms with Gasteiger partial charge in [-0.25, -0.2) is 0 Å². The maximum Gasteiger partial charge on any atom is 0.308 e. The molecule has 1 fully saturated rings. The first kappa shape index (κ1) is 18.8. The number of nitrogens with one attached hydrogen (secondary N) is 2. The van der Waals surface area contributed by atoms with Gasteiger partial charge in [-0.1, -0.05) is 31.9 Å². The molecule has 2 atom stereocenters. The number of hydrogen-bond donors (Lipinski definition) is 2. The first-order chi connectivity index (χ1) is 12.6. The Morgan fingerprint density at radius 1 is 1.31 bits per heavy atom. The van der Waals surface area contributed by atoms with E-state index < -0.39 is 17.3 Å². The van der Waals surface area contributed by atoms with Gasteiger partial charge in [0.15, 0.2) is 6.10 Å². The Hall–Kier alpha value is -2.02. The van der Waals surface area contributed by atoms with E-state index in [4.69, 9.17) is 4.74 Å². The molecule has 140 valence electrons. The van der Waals surface area contributed by atoms with Gasteiger partial charge in [-0.3, -0.25) is 14.4 Å². The molecule has 1 aromatic rings. The molecule has 0 spiro atoms. The third kappa shape index (κ3) is 4.58. The number of carbonyl (C=O) groups excluding carboxylic acids is 3. The predicted octanol–water partition coefficient (Wildman–Crippen LogP) is 2.87. The molecule has 7 heteroatoms. The molecule has 1 saturated carbocycles. The summed E-state index contributed by atoms with van der Waals surface area (Å²) in [6.45, 7) is 1.81. The Morgan fingerprint density at radius 2 is 2.04 bits per heavy atom. The molecule has 6 nitrogen and oxygen atoms in total. The zero-order chi connectivity index (χ0) is 18.5. The highest BCUT2D eigenvalue weighted by molar-refractivity contribution is 8.01.